The first-order valence-corrected chi connectivity index (χ1v) is 8.80. The molecule has 1 aliphatic rings. The van der Waals surface area contributed by atoms with Crippen LogP contribution in [0.3, 0.4) is 0 Å². The molecule has 1 saturated heterocycles. The Morgan fingerprint density at radius 1 is 1.32 bits per heavy atom. The predicted octanol–water partition coefficient (Wildman–Crippen LogP) is 2.51. The van der Waals surface area contributed by atoms with Gasteiger partial charge in [0, 0.05) is 45.7 Å². The van der Waals surface area contributed by atoms with Gasteiger partial charge in [0.25, 0.3) is 0 Å². The van der Waals surface area contributed by atoms with Gasteiger partial charge in [-0.05, 0) is 44.2 Å². The summed E-state index contributed by atoms with van der Waals surface area (Å²) < 4.78 is 11.1. The number of nitrogens with one attached hydrogen (secondary N) is 2. The molecule has 1 fully saturated rings. The lowest BCUT2D eigenvalue weighted by molar-refractivity contribution is 0.0203. The van der Waals surface area contributed by atoms with Crippen LogP contribution in [0.25, 0.3) is 0 Å². The van der Waals surface area contributed by atoms with Gasteiger partial charge in [0.05, 0.1) is 12.2 Å². The fourth-order valence-corrected chi connectivity index (χ4v) is 2.64. The van der Waals surface area contributed by atoms with Crippen LogP contribution < -0.4 is 10.6 Å². The highest BCUT2D eigenvalue weighted by Gasteiger charge is 2.13. The molecule has 2 N–H and O–H groups in total. The number of aryl methyl sites for hydroxylation is 1. The van der Waals surface area contributed by atoms with E-state index in [9.17, 15) is 0 Å². The Balaban J connectivity index is 0.00000312. The summed E-state index contributed by atoms with van der Waals surface area (Å²) in [4.78, 5) is 8.70. The standard InChI is InChI=1S/C18H30N4O2.HI/c1-15-5-3-6-17(22-15)13-21-18(19-2)20-9-4-10-24-14-16-7-11-23-12-8-16;/h3,5-6,16H,4,7-14H2,1-2H3,(H2,19,20,21);1H. The molecule has 0 unspecified atom stereocenters. The minimum atomic E-state index is 0. The third kappa shape index (κ3) is 9.37. The van der Waals surface area contributed by atoms with E-state index in [2.05, 4.69) is 20.6 Å². The maximum absolute atomic E-state index is 5.77. The van der Waals surface area contributed by atoms with E-state index >= 15 is 0 Å². The number of aliphatic imine (C=N–C) groups is 1. The van der Waals surface area contributed by atoms with Crippen molar-refractivity contribution in [3.05, 3.63) is 29.6 Å². The number of ether oxygens (including phenoxy) is 2. The number of halogens is 1. The molecule has 2 rings (SSSR count). The molecule has 0 atom stereocenters. The first-order chi connectivity index (χ1) is 11.8. The van der Waals surface area contributed by atoms with Crippen molar-refractivity contribution in [2.45, 2.75) is 32.7 Å². The smallest absolute Gasteiger partial charge is 0.191 e. The van der Waals surface area contributed by atoms with Gasteiger partial charge in [-0.2, -0.15) is 0 Å². The van der Waals surface area contributed by atoms with Crippen LogP contribution in [0.5, 0.6) is 0 Å². The van der Waals surface area contributed by atoms with Gasteiger partial charge in [-0.3, -0.25) is 9.98 Å². The number of guanidine groups is 1. The van der Waals surface area contributed by atoms with E-state index in [1.54, 1.807) is 7.05 Å². The molecule has 0 spiro atoms. The van der Waals surface area contributed by atoms with Crippen molar-refractivity contribution in [2.24, 2.45) is 10.9 Å². The van der Waals surface area contributed by atoms with Crippen LogP contribution in [-0.4, -0.2) is 51.0 Å². The minimum Gasteiger partial charge on any atom is -0.381 e. The molecule has 6 nitrogen and oxygen atoms in total. The molecule has 25 heavy (non-hydrogen) atoms. The quantitative estimate of drug-likeness (QED) is 0.269. The summed E-state index contributed by atoms with van der Waals surface area (Å²) in [5, 5.41) is 6.58. The lowest BCUT2D eigenvalue weighted by Crippen LogP contribution is -2.37. The lowest BCUT2D eigenvalue weighted by atomic mass is 10.0. The molecule has 142 valence electrons. The molecular weight excluding hydrogens is 431 g/mol. The second-order valence-electron chi connectivity index (χ2n) is 6.11. The van der Waals surface area contributed by atoms with Crippen LogP contribution in [0, 0.1) is 12.8 Å². The van der Waals surface area contributed by atoms with Crippen molar-refractivity contribution >= 4 is 29.9 Å². The van der Waals surface area contributed by atoms with E-state index in [0.717, 1.165) is 69.6 Å². The SMILES string of the molecule is CN=C(NCCCOCC1CCOCC1)NCc1cccc(C)n1.I. The van der Waals surface area contributed by atoms with Gasteiger partial charge in [0.15, 0.2) is 5.96 Å². The highest BCUT2D eigenvalue weighted by Crippen LogP contribution is 2.14. The minimum absolute atomic E-state index is 0. The Morgan fingerprint density at radius 2 is 2.12 bits per heavy atom. The third-order valence-corrected chi connectivity index (χ3v) is 4.06. The maximum atomic E-state index is 5.77. The molecule has 7 heteroatoms. The van der Waals surface area contributed by atoms with Crippen molar-refractivity contribution in [3.63, 3.8) is 0 Å². The van der Waals surface area contributed by atoms with E-state index in [0.29, 0.717) is 12.5 Å². The normalized spacial score (nSPS) is 15.5. The number of pyridine rings is 1. The van der Waals surface area contributed by atoms with Crippen LogP contribution in [0.15, 0.2) is 23.2 Å². The first kappa shape index (κ1) is 22.1. The zero-order chi connectivity index (χ0) is 17.0. The monoisotopic (exact) mass is 462 g/mol. The number of hydrogen-bond donors (Lipinski definition) is 2. The Bertz CT molecular complexity index is 508. The molecule has 1 aromatic heterocycles. The van der Waals surface area contributed by atoms with E-state index in [1.807, 2.05) is 25.1 Å². The molecule has 2 heterocycles. The molecule has 0 aromatic carbocycles. The Hall–Kier alpha value is -0.930. The summed E-state index contributed by atoms with van der Waals surface area (Å²) in [6, 6.07) is 6.03. The van der Waals surface area contributed by atoms with Crippen LogP contribution in [0.1, 0.15) is 30.7 Å². The van der Waals surface area contributed by atoms with Crippen molar-refractivity contribution in [2.75, 3.05) is 40.0 Å². The molecule has 0 aliphatic carbocycles. The van der Waals surface area contributed by atoms with Crippen molar-refractivity contribution < 1.29 is 9.47 Å². The molecular formula is C18H31IN4O2. The third-order valence-electron chi connectivity index (χ3n) is 4.06. The second kappa shape index (κ2) is 13.3. The number of rotatable bonds is 8. The highest BCUT2D eigenvalue weighted by molar-refractivity contribution is 14.0. The molecule has 0 radical (unpaired) electrons. The van der Waals surface area contributed by atoms with E-state index in [1.165, 1.54) is 0 Å². The molecule has 1 aromatic rings. The summed E-state index contributed by atoms with van der Waals surface area (Å²) in [6.45, 7) is 6.91. The van der Waals surface area contributed by atoms with Gasteiger partial charge < -0.3 is 20.1 Å². The highest BCUT2D eigenvalue weighted by atomic mass is 127. The molecule has 0 bridgehead atoms. The zero-order valence-corrected chi connectivity index (χ0v) is 17.6. The topological polar surface area (TPSA) is 67.8 Å². The van der Waals surface area contributed by atoms with Crippen LogP contribution in [0.4, 0.5) is 0 Å². The summed E-state index contributed by atoms with van der Waals surface area (Å²) in [7, 11) is 1.78. The summed E-state index contributed by atoms with van der Waals surface area (Å²) in [5.74, 6) is 1.46. The predicted molar refractivity (Wildman–Crippen MR) is 112 cm³/mol. The average molecular weight is 462 g/mol. The number of hydrogen-bond acceptors (Lipinski definition) is 4. The number of nitrogens with zero attached hydrogens (tertiary/aromatic N) is 2. The van der Waals surface area contributed by atoms with E-state index in [-0.39, 0.29) is 24.0 Å². The van der Waals surface area contributed by atoms with Gasteiger partial charge in [-0.1, -0.05) is 6.07 Å². The zero-order valence-electron chi connectivity index (χ0n) is 15.3. The summed E-state index contributed by atoms with van der Waals surface area (Å²) >= 11 is 0. The van der Waals surface area contributed by atoms with Crippen LogP contribution in [0.2, 0.25) is 0 Å². The van der Waals surface area contributed by atoms with Crippen molar-refractivity contribution in [1.82, 2.24) is 15.6 Å². The average Bonchev–Trinajstić information content (AvgIpc) is 2.61. The van der Waals surface area contributed by atoms with Gasteiger partial charge >= 0.3 is 0 Å². The van der Waals surface area contributed by atoms with E-state index in [4.69, 9.17) is 9.47 Å². The fraction of sp³-hybridized carbons (Fsp3) is 0.667. The Kier molecular flexibility index (Phi) is 11.8. The first-order valence-electron chi connectivity index (χ1n) is 8.80. The lowest BCUT2D eigenvalue weighted by Gasteiger charge is -2.21. The largest absolute Gasteiger partial charge is 0.381 e. The fourth-order valence-electron chi connectivity index (χ4n) is 2.64. The summed E-state index contributed by atoms with van der Waals surface area (Å²) in [6.07, 6.45) is 3.22. The van der Waals surface area contributed by atoms with Gasteiger partial charge in [-0.25, -0.2) is 0 Å². The molecule has 1 aliphatic heterocycles. The number of aromatic nitrogens is 1. The molecule has 0 amide bonds. The van der Waals surface area contributed by atoms with Crippen molar-refractivity contribution in [1.29, 1.82) is 0 Å². The second-order valence-corrected chi connectivity index (χ2v) is 6.11. The van der Waals surface area contributed by atoms with Crippen LogP contribution in [-0.2, 0) is 16.0 Å². The Morgan fingerprint density at radius 3 is 2.84 bits per heavy atom. The van der Waals surface area contributed by atoms with Gasteiger partial charge in [0.1, 0.15) is 0 Å². The Labute approximate surface area is 168 Å². The maximum Gasteiger partial charge on any atom is 0.191 e. The molecule has 0 saturated carbocycles. The summed E-state index contributed by atoms with van der Waals surface area (Å²) in [5.41, 5.74) is 2.04. The van der Waals surface area contributed by atoms with Gasteiger partial charge in [0.2, 0.25) is 0 Å². The van der Waals surface area contributed by atoms with Crippen LogP contribution >= 0.6 is 24.0 Å². The van der Waals surface area contributed by atoms with Gasteiger partial charge in [-0.15, -0.1) is 24.0 Å². The van der Waals surface area contributed by atoms with E-state index < -0.39 is 0 Å². The van der Waals surface area contributed by atoms with Crippen molar-refractivity contribution in [3.8, 4) is 0 Å².